The van der Waals surface area contributed by atoms with Crippen LogP contribution in [0.15, 0.2) is 0 Å². The maximum Gasteiger partial charge on any atom is 0.431 e. The minimum Gasteiger partial charge on any atom is -0.465 e. The molecule has 0 spiro atoms. The molecule has 0 aromatic carbocycles. The van der Waals surface area contributed by atoms with Crippen LogP contribution >= 0.6 is 0 Å². The molecule has 0 bridgehead atoms. The molecular formula is C28H40F4O7S. The lowest BCUT2D eigenvalue weighted by atomic mass is 9.44. The highest BCUT2D eigenvalue weighted by Gasteiger charge is 2.65. The van der Waals surface area contributed by atoms with E-state index in [1.807, 2.05) is 6.92 Å². The van der Waals surface area contributed by atoms with Crippen LogP contribution in [0.4, 0.5) is 17.6 Å². The third-order valence-corrected chi connectivity index (χ3v) is 12.2. The van der Waals surface area contributed by atoms with E-state index >= 15 is 0 Å². The van der Waals surface area contributed by atoms with Gasteiger partial charge in [0.2, 0.25) is 0 Å². The van der Waals surface area contributed by atoms with Crippen molar-refractivity contribution in [2.45, 2.75) is 103 Å². The number of rotatable bonds is 9. The van der Waals surface area contributed by atoms with Gasteiger partial charge >= 0.3 is 27.3 Å². The summed E-state index contributed by atoms with van der Waals surface area (Å²) in [6, 6.07) is 0. The van der Waals surface area contributed by atoms with Gasteiger partial charge in [-0.1, -0.05) is 20.8 Å². The Morgan fingerprint density at radius 1 is 1.05 bits per heavy atom. The summed E-state index contributed by atoms with van der Waals surface area (Å²) in [4.78, 5) is 37.8. The first kappa shape index (κ1) is 31.4. The maximum atomic E-state index is 13.6. The monoisotopic (exact) mass is 596 g/mol. The predicted octanol–water partition coefficient (Wildman–Crippen LogP) is 5.86. The lowest BCUT2D eigenvalue weighted by Crippen LogP contribution is -2.57. The summed E-state index contributed by atoms with van der Waals surface area (Å²) in [5.41, 5.74) is -0.0827. The number of esters is 1. The first-order valence-electron chi connectivity index (χ1n) is 14.3. The fourth-order valence-corrected chi connectivity index (χ4v) is 9.42. The lowest BCUT2D eigenvalue weighted by molar-refractivity contribution is -0.174. The molecule has 0 aromatic heterocycles. The summed E-state index contributed by atoms with van der Waals surface area (Å²) in [6.45, 7) is 5.41. The van der Waals surface area contributed by atoms with Crippen molar-refractivity contribution in [2.75, 3.05) is 6.61 Å². The Hall–Kier alpha value is -1.56. The first-order valence-corrected chi connectivity index (χ1v) is 15.7. The van der Waals surface area contributed by atoms with Gasteiger partial charge in [0.05, 0.1) is 13.0 Å². The number of Topliss-reactive ketones (excluding diaryl/α,β-unsaturated/α-hetero) is 2. The molecule has 0 radical (unpaired) electrons. The van der Waals surface area contributed by atoms with E-state index in [9.17, 15) is 40.4 Å². The van der Waals surface area contributed by atoms with Crippen LogP contribution in [-0.2, 0) is 29.2 Å². The Bertz CT molecular complexity index is 1140. The highest BCUT2D eigenvalue weighted by molar-refractivity contribution is 7.87. The number of ketones is 2. The molecule has 0 saturated heterocycles. The van der Waals surface area contributed by atoms with Crippen molar-refractivity contribution < 1.29 is 49.7 Å². The van der Waals surface area contributed by atoms with Gasteiger partial charge in [-0.2, -0.15) is 26.0 Å². The Morgan fingerprint density at radius 3 is 2.35 bits per heavy atom. The molecule has 0 amide bonds. The van der Waals surface area contributed by atoms with Gasteiger partial charge in [-0.05, 0) is 78.9 Å². The summed E-state index contributed by atoms with van der Waals surface area (Å²) >= 11 is 0. The molecule has 0 heterocycles. The van der Waals surface area contributed by atoms with Crippen molar-refractivity contribution in [3.05, 3.63) is 0 Å². The van der Waals surface area contributed by atoms with Gasteiger partial charge in [-0.25, -0.2) is 0 Å². The zero-order valence-corrected chi connectivity index (χ0v) is 24.1. The average Bonchev–Trinajstić information content (AvgIpc) is 3.20. The van der Waals surface area contributed by atoms with Crippen LogP contribution < -0.4 is 0 Å². The number of hydrogen-bond donors (Lipinski definition) is 1. The minimum absolute atomic E-state index is 0.00338. The van der Waals surface area contributed by atoms with E-state index in [0.717, 1.165) is 32.1 Å². The minimum atomic E-state index is -6.34. The second-order valence-corrected chi connectivity index (χ2v) is 14.7. The quantitative estimate of drug-likeness (QED) is 0.201. The van der Waals surface area contributed by atoms with Crippen molar-refractivity contribution in [2.24, 2.45) is 46.3 Å². The third-order valence-electron chi connectivity index (χ3n) is 11.3. The Labute approximate surface area is 232 Å². The van der Waals surface area contributed by atoms with Crippen molar-refractivity contribution in [3.63, 3.8) is 0 Å². The number of fused-ring (bicyclic) bond motifs is 5. The van der Waals surface area contributed by atoms with E-state index in [1.54, 1.807) is 0 Å². The summed E-state index contributed by atoms with van der Waals surface area (Å²) in [5.74, 6) is -4.48. The number of ether oxygens (including phenoxy) is 1. The molecule has 8 atom stereocenters. The van der Waals surface area contributed by atoms with Crippen LogP contribution in [0.25, 0.3) is 0 Å². The molecule has 228 valence electrons. The number of halogens is 4. The van der Waals surface area contributed by atoms with Crippen molar-refractivity contribution in [1.82, 2.24) is 0 Å². The van der Waals surface area contributed by atoms with Gasteiger partial charge in [0, 0.05) is 31.6 Å². The summed E-state index contributed by atoms with van der Waals surface area (Å²) in [7, 11) is -6.34. The van der Waals surface area contributed by atoms with Gasteiger partial charge in [0.15, 0.2) is 0 Å². The summed E-state index contributed by atoms with van der Waals surface area (Å²) in [5, 5.41) is -5.69. The number of alkyl halides is 4. The normalized spacial score (nSPS) is 37.4. The maximum absolute atomic E-state index is 13.6. The highest BCUT2D eigenvalue weighted by atomic mass is 32.2. The molecule has 1 unspecified atom stereocenters. The van der Waals surface area contributed by atoms with Gasteiger partial charge in [-0.15, -0.1) is 0 Å². The number of hydrogen-bond acceptors (Lipinski definition) is 6. The molecule has 7 nitrogen and oxygen atoms in total. The zero-order chi connectivity index (χ0) is 29.9. The van der Waals surface area contributed by atoms with Gasteiger partial charge in [-0.3, -0.25) is 18.9 Å². The van der Waals surface area contributed by atoms with Crippen molar-refractivity contribution >= 4 is 27.7 Å². The van der Waals surface area contributed by atoms with E-state index in [2.05, 4.69) is 18.6 Å². The number of carbonyl (C=O) groups is 3. The Morgan fingerprint density at radius 2 is 1.70 bits per heavy atom. The van der Waals surface area contributed by atoms with Gasteiger partial charge in [0.1, 0.15) is 11.6 Å². The highest BCUT2D eigenvalue weighted by Crippen LogP contribution is 2.67. The van der Waals surface area contributed by atoms with Gasteiger partial charge < -0.3 is 4.74 Å². The van der Waals surface area contributed by atoms with Crippen LogP contribution in [0.2, 0.25) is 0 Å². The molecule has 4 aliphatic rings. The van der Waals surface area contributed by atoms with E-state index in [-0.39, 0.29) is 64.3 Å². The smallest absolute Gasteiger partial charge is 0.431 e. The summed E-state index contributed by atoms with van der Waals surface area (Å²) in [6.07, 6.45) is 4.64. The Kier molecular flexibility index (Phi) is 8.33. The molecular weight excluding hydrogens is 556 g/mol. The average molecular weight is 597 g/mol. The van der Waals surface area contributed by atoms with Crippen LogP contribution in [-0.4, -0.2) is 48.3 Å². The standard InChI is InChI=1S/C28H40F4O7S/c1-16(4-7-23(35)39-13-12-27(29,30)28(31,32)40(36,37)38)19-5-6-20-24-21(9-11-26(19,20)3)25(2)10-8-18(33)14-17(25)15-22(24)34/h16-17,19-21,24H,4-15H2,1-3H3,(H,36,37,38)/t16-,17?,19-,20+,21+,24+,25+,26-/m1/s1. The third kappa shape index (κ3) is 5.24. The fourth-order valence-electron chi connectivity index (χ4n) is 8.95. The van der Waals surface area contributed by atoms with E-state index in [4.69, 9.17) is 4.55 Å². The van der Waals surface area contributed by atoms with Crippen molar-refractivity contribution in [1.29, 1.82) is 0 Å². The first-order chi connectivity index (χ1) is 18.3. The van der Waals surface area contributed by atoms with E-state index in [0.29, 0.717) is 25.7 Å². The van der Waals surface area contributed by atoms with Crippen LogP contribution in [0.3, 0.4) is 0 Å². The topological polar surface area (TPSA) is 115 Å². The zero-order valence-electron chi connectivity index (χ0n) is 23.3. The second-order valence-electron chi connectivity index (χ2n) is 13.3. The van der Waals surface area contributed by atoms with Crippen LogP contribution in [0.5, 0.6) is 0 Å². The Balaban J connectivity index is 1.33. The second kappa shape index (κ2) is 10.6. The molecule has 0 aliphatic heterocycles. The van der Waals surface area contributed by atoms with E-state index < -0.39 is 40.3 Å². The van der Waals surface area contributed by atoms with Crippen LogP contribution in [0, 0.1) is 46.3 Å². The molecule has 0 aromatic rings. The van der Waals surface area contributed by atoms with Crippen molar-refractivity contribution in [3.8, 4) is 0 Å². The molecule has 4 aliphatic carbocycles. The molecule has 4 saturated carbocycles. The molecule has 40 heavy (non-hydrogen) atoms. The van der Waals surface area contributed by atoms with Gasteiger partial charge in [0.25, 0.3) is 0 Å². The largest absolute Gasteiger partial charge is 0.465 e. The SMILES string of the molecule is C[C@H](CCC(=O)OCCC(F)(F)C(F)(F)S(=O)(=O)O)[C@H]1CC[C@H]2[C@@H]3C(=O)CC4CC(=O)CC[C@]4(C)[C@H]3CC[C@]12C. The number of carbonyl (C=O) groups excluding carboxylic acids is 3. The summed E-state index contributed by atoms with van der Waals surface area (Å²) < 4.78 is 88.2. The molecule has 1 N–H and O–H groups in total. The molecule has 4 fully saturated rings. The van der Waals surface area contributed by atoms with Crippen LogP contribution in [0.1, 0.15) is 91.4 Å². The van der Waals surface area contributed by atoms with E-state index in [1.165, 1.54) is 0 Å². The predicted molar refractivity (Wildman–Crippen MR) is 136 cm³/mol. The molecule has 12 heteroatoms. The molecule has 4 rings (SSSR count). The lowest BCUT2D eigenvalue weighted by Gasteiger charge is -2.59. The fraction of sp³-hybridized carbons (Fsp3) is 0.893.